The lowest BCUT2D eigenvalue weighted by atomic mass is 10.1. The Morgan fingerprint density at radius 3 is 1.75 bits per heavy atom. The molecule has 32 heavy (non-hydrogen) atoms. The number of aromatic nitrogens is 1. The normalized spacial score (nSPS) is 10.8. The Bertz CT molecular complexity index is 1230. The van der Waals surface area contributed by atoms with Gasteiger partial charge in [0, 0.05) is 5.02 Å². The third-order valence-corrected chi connectivity index (χ3v) is 5.03. The zero-order valence-electron chi connectivity index (χ0n) is 17.5. The van der Waals surface area contributed by atoms with Crippen molar-refractivity contribution in [1.29, 1.82) is 5.26 Å². The highest BCUT2D eigenvalue weighted by Crippen LogP contribution is 2.39. The van der Waals surface area contributed by atoms with Crippen LogP contribution in [-0.4, -0.2) is 4.57 Å². The summed E-state index contributed by atoms with van der Waals surface area (Å²) in [7, 11) is 0. The molecule has 4 aromatic rings. The fourth-order valence-electron chi connectivity index (χ4n) is 3.39. The first kappa shape index (κ1) is 23.2. The second kappa shape index (κ2) is 9.76. The van der Waals surface area contributed by atoms with Crippen molar-refractivity contribution < 1.29 is 13.2 Å². The van der Waals surface area contributed by atoms with Gasteiger partial charge in [0.15, 0.2) is 0 Å². The third kappa shape index (κ3) is 4.71. The monoisotopic (exact) mass is 452 g/mol. The maximum absolute atomic E-state index is 13.8. The zero-order chi connectivity index (χ0) is 23.3. The first-order valence-corrected chi connectivity index (χ1v) is 10.4. The number of halogens is 4. The number of hydrogen-bond acceptors (Lipinski definition) is 1. The van der Waals surface area contributed by atoms with Gasteiger partial charge in [0.25, 0.3) is 0 Å². The minimum Gasteiger partial charge on any atom is -0.309 e. The molecule has 0 spiro atoms. The van der Waals surface area contributed by atoms with E-state index in [0.29, 0.717) is 27.5 Å². The largest absolute Gasteiger partial charge is 0.418 e. The summed E-state index contributed by atoms with van der Waals surface area (Å²) in [5.74, 6) is 0. The van der Waals surface area contributed by atoms with Crippen molar-refractivity contribution >= 4 is 11.6 Å². The maximum atomic E-state index is 13.8. The van der Waals surface area contributed by atoms with Gasteiger partial charge in [0.05, 0.1) is 34.3 Å². The van der Waals surface area contributed by atoms with Crippen LogP contribution in [0.5, 0.6) is 0 Å². The Labute approximate surface area is 190 Å². The fraction of sp³-hybridized carbons (Fsp3) is 0.115. The first-order valence-electron chi connectivity index (χ1n) is 10.0. The van der Waals surface area contributed by atoms with E-state index < -0.39 is 11.7 Å². The molecule has 0 bridgehead atoms. The molecule has 0 aliphatic carbocycles. The van der Waals surface area contributed by atoms with Crippen molar-refractivity contribution in [3.63, 3.8) is 0 Å². The molecule has 4 rings (SSSR count). The standard InChI is InChI=1S/C24H14ClF3N2.C2H6/c25-19-11-9-18(10-12-19)22-14-13-21(17-7-5-16(15-29)6-8-17)30(22)23-4-2-1-3-20(23)24(26,27)28;1-2/h1-14H;1-2H3. The van der Waals surface area contributed by atoms with Crippen LogP contribution in [-0.2, 0) is 6.18 Å². The van der Waals surface area contributed by atoms with Crippen LogP contribution < -0.4 is 0 Å². The molecular weight excluding hydrogens is 433 g/mol. The number of benzene rings is 3. The Kier molecular flexibility index (Phi) is 7.07. The number of hydrogen-bond donors (Lipinski definition) is 0. The fourth-order valence-corrected chi connectivity index (χ4v) is 3.52. The van der Waals surface area contributed by atoms with Crippen LogP contribution >= 0.6 is 11.6 Å². The highest BCUT2D eigenvalue weighted by atomic mass is 35.5. The maximum Gasteiger partial charge on any atom is 0.418 e. The molecule has 2 nitrogen and oxygen atoms in total. The van der Waals surface area contributed by atoms with Crippen molar-refractivity contribution in [3.8, 4) is 34.3 Å². The topological polar surface area (TPSA) is 28.7 Å². The third-order valence-electron chi connectivity index (χ3n) is 4.78. The SMILES string of the molecule is CC.N#Cc1ccc(-c2ccc(-c3ccc(Cl)cc3)n2-c2ccccc2C(F)(F)F)cc1. The van der Waals surface area contributed by atoms with Crippen molar-refractivity contribution in [2.45, 2.75) is 20.0 Å². The molecule has 1 aromatic heterocycles. The number of nitrogens with zero attached hydrogens (tertiary/aromatic N) is 2. The summed E-state index contributed by atoms with van der Waals surface area (Å²) < 4.78 is 43.0. The van der Waals surface area contributed by atoms with Crippen LogP contribution in [0.3, 0.4) is 0 Å². The average Bonchev–Trinajstić information content (AvgIpc) is 3.25. The Balaban J connectivity index is 0.00000141. The highest BCUT2D eigenvalue weighted by molar-refractivity contribution is 6.30. The molecule has 0 radical (unpaired) electrons. The molecule has 1 heterocycles. The van der Waals surface area contributed by atoms with Gasteiger partial charge in [-0.05, 0) is 59.7 Å². The molecule has 0 aliphatic rings. The van der Waals surface area contributed by atoms with Gasteiger partial charge in [-0.3, -0.25) is 0 Å². The predicted molar refractivity (Wildman–Crippen MR) is 123 cm³/mol. The highest BCUT2D eigenvalue weighted by Gasteiger charge is 2.34. The minimum atomic E-state index is -4.51. The lowest BCUT2D eigenvalue weighted by molar-refractivity contribution is -0.137. The van der Waals surface area contributed by atoms with Crippen molar-refractivity contribution in [1.82, 2.24) is 4.57 Å². The molecule has 0 unspecified atom stereocenters. The number of para-hydroxylation sites is 1. The van der Waals surface area contributed by atoms with Crippen LogP contribution in [0.25, 0.3) is 28.2 Å². The summed E-state index contributed by atoms with van der Waals surface area (Å²) in [5.41, 5.74) is 2.39. The molecule has 0 saturated carbocycles. The van der Waals surface area contributed by atoms with E-state index in [9.17, 15) is 13.2 Å². The van der Waals surface area contributed by atoms with Crippen molar-refractivity contribution in [2.75, 3.05) is 0 Å². The van der Waals surface area contributed by atoms with E-state index in [1.165, 1.54) is 12.1 Å². The van der Waals surface area contributed by atoms with E-state index >= 15 is 0 Å². The Morgan fingerprint density at radius 1 is 0.750 bits per heavy atom. The molecule has 0 saturated heterocycles. The van der Waals surface area contributed by atoms with E-state index in [1.807, 2.05) is 19.9 Å². The van der Waals surface area contributed by atoms with Gasteiger partial charge in [-0.1, -0.05) is 61.8 Å². The van der Waals surface area contributed by atoms with Gasteiger partial charge < -0.3 is 4.57 Å². The molecule has 0 atom stereocenters. The van der Waals surface area contributed by atoms with Gasteiger partial charge in [-0.15, -0.1) is 0 Å². The van der Waals surface area contributed by atoms with E-state index in [2.05, 4.69) is 0 Å². The van der Waals surface area contributed by atoms with Gasteiger partial charge in [0.2, 0.25) is 0 Å². The minimum absolute atomic E-state index is 0.0271. The van der Waals surface area contributed by atoms with Gasteiger partial charge >= 0.3 is 6.18 Å². The van der Waals surface area contributed by atoms with Crippen LogP contribution in [0.4, 0.5) is 13.2 Å². The molecule has 0 amide bonds. The second-order valence-corrected chi connectivity index (χ2v) is 7.09. The Morgan fingerprint density at radius 2 is 1.25 bits per heavy atom. The number of rotatable bonds is 3. The lowest BCUT2D eigenvalue weighted by Crippen LogP contribution is -2.12. The predicted octanol–water partition coefficient (Wildman–Crippen LogP) is 8.38. The van der Waals surface area contributed by atoms with Crippen molar-refractivity contribution in [3.05, 3.63) is 101 Å². The molecule has 0 fully saturated rings. The van der Waals surface area contributed by atoms with Gasteiger partial charge in [-0.25, -0.2) is 0 Å². The summed E-state index contributed by atoms with van der Waals surface area (Å²) in [4.78, 5) is 0. The van der Waals surface area contributed by atoms with E-state index in [1.54, 1.807) is 71.3 Å². The molecular formula is C26H20ClF3N2. The molecule has 0 N–H and O–H groups in total. The average molecular weight is 453 g/mol. The van der Waals surface area contributed by atoms with Crippen molar-refractivity contribution in [2.24, 2.45) is 0 Å². The summed E-state index contributed by atoms with van der Waals surface area (Å²) in [6.07, 6.45) is -4.51. The molecule has 6 heteroatoms. The summed E-state index contributed by atoms with van der Waals surface area (Å²) >= 11 is 5.99. The summed E-state index contributed by atoms with van der Waals surface area (Å²) in [6, 6.07) is 24.8. The van der Waals surface area contributed by atoms with Crippen LogP contribution in [0.1, 0.15) is 25.0 Å². The molecule has 162 valence electrons. The summed E-state index contributed by atoms with van der Waals surface area (Å²) in [5, 5.41) is 9.58. The van der Waals surface area contributed by atoms with Gasteiger partial charge in [0.1, 0.15) is 0 Å². The second-order valence-electron chi connectivity index (χ2n) is 6.65. The zero-order valence-corrected chi connectivity index (χ0v) is 18.2. The summed E-state index contributed by atoms with van der Waals surface area (Å²) in [6.45, 7) is 4.00. The number of nitriles is 1. The first-order chi connectivity index (χ1) is 15.4. The lowest BCUT2D eigenvalue weighted by Gasteiger charge is -2.19. The smallest absolute Gasteiger partial charge is 0.309 e. The van der Waals surface area contributed by atoms with E-state index in [0.717, 1.165) is 11.6 Å². The Hall–Kier alpha value is -3.49. The van der Waals surface area contributed by atoms with Crippen LogP contribution in [0.2, 0.25) is 5.02 Å². The van der Waals surface area contributed by atoms with Crippen LogP contribution in [0.15, 0.2) is 84.9 Å². The quantitative estimate of drug-likeness (QED) is 0.307. The molecule has 3 aromatic carbocycles. The van der Waals surface area contributed by atoms with E-state index in [-0.39, 0.29) is 5.69 Å². The van der Waals surface area contributed by atoms with Crippen LogP contribution in [0, 0.1) is 11.3 Å². The van der Waals surface area contributed by atoms with Gasteiger partial charge in [-0.2, -0.15) is 18.4 Å². The molecule has 0 aliphatic heterocycles. The van der Waals surface area contributed by atoms with E-state index in [4.69, 9.17) is 16.9 Å². The number of alkyl halides is 3.